The van der Waals surface area contributed by atoms with Crippen LogP contribution >= 0.6 is 0 Å². The summed E-state index contributed by atoms with van der Waals surface area (Å²) < 4.78 is 0. The van der Waals surface area contributed by atoms with Crippen LogP contribution in [0.2, 0.25) is 0 Å². The molecule has 3 unspecified atom stereocenters. The molecule has 0 saturated carbocycles. The molecule has 2 bridgehead atoms. The van der Waals surface area contributed by atoms with Gasteiger partial charge in [-0.25, -0.2) is 4.98 Å². The second kappa shape index (κ2) is 3.43. The second-order valence-corrected chi connectivity index (χ2v) is 4.45. The lowest BCUT2D eigenvalue weighted by molar-refractivity contribution is -0.142. The molecular weight excluding hydrogens is 206 g/mol. The Morgan fingerprint density at radius 1 is 1.44 bits per heavy atom. The van der Waals surface area contributed by atoms with Gasteiger partial charge in [0.1, 0.15) is 5.82 Å². The van der Waals surface area contributed by atoms with E-state index in [4.69, 9.17) is 5.11 Å². The Labute approximate surface area is 93.1 Å². The van der Waals surface area contributed by atoms with Crippen LogP contribution in [-0.2, 0) is 4.79 Å². The highest BCUT2D eigenvalue weighted by Crippen LogP contribution is 2.43. The van der Waals surface area contributed by atoms with E-state index in [0.717, 1.165) is 25.1 Å². The molecule has 3 heterocycles. The smallest absolute Gasteiger partial charge is 0.308 e. The Morgan fingerprint density at radius 3 is 2.94 bits per heavy atom. The van der Waals surface area contributed by atoms with E-state index in [1.165, 1.54) is 0 Å². The van der Waals surface area contributed by atoms with Gasteiger partial charge in [-0.3, -0.25) is 9.78 Å². The number of anilines is 1. The summed E-state index contributed by atoms with van der Waals surface area (Å²) in [6, 6.07) is 0.446. The Hall–Kier alpha value is -1.65. The summed E-state index contributed by atoms with van der Waals surface area (Å²) >= 11 is 0. The van der Waals surface area contributed by atoms with Crippen molar-refractivity contribution < 1.29 is 9.90 Å². The van der Waals surface area contributed by atoms with E-state index in [-0.39, 0.29) is 12.0 Å². The van der Waals surface area contributed by atoms with Crippen LogP contribution in [0.15, 0.2) is 18.6 Å². The van der Waals surface area contributed by atoms with E-state index < -0.39 is 5.97 Å². The Kier molecular flexibility index (Phi) is 2.05. The van der Waals surface area contributed by atoms with Crippen LogP contribution in [0.5, 0.6) is 0 Å². The number of aromatic nitrogens is 2. The molecule has 1 N–H and O–H groups in total. The quantitative estimate of drug-likeness (QED) is 0.801. The van der Waals surface area contributed by atoms with Gasteiger partial charge in [-0.1, -0.05) is 0 Å². The van der Waals surface area contributed by atoms with Crippen molar-refractivity contribution in [3.63, 3.8) is 0 Å². The van der Waals surface area contributed by atoms with Crippen LogP contribution < -0.4 is 4.90 Å². The third-order valence-electron chi connectivity index (χ3n) is 3.67. The Balaban J connectivity index is 1.91. The van der Waals surface area contributed by atoms with E-state index in [1.807, 2.05) is 0 Å². The summed E-state index contributed by atoms with van der Waals surface area (Å²) in [4.78, 5) is 21.6. The first-order valence-electron chi connectivity index (χ1n) is 5.54. The first-order chi connectivity index (χ1) is 7.77. The molecule has 1 aromatic rings. The summed E-state index contributed by atoms with van der Waals surface area (Å²) in [7, 11) is 0. The van der Waals surface area contributed by atoms with Gasteiger partial charge in [0.25, 0.3) is 0 Å². The van der Waals surface area contributed by atoms with E-state index in [1.54, 1.807) is 18.6 Å². The van der Waals surface area contributed by atoms with Gasteiger partial charge in [0.15, 0.2) is 0 Å². The molecule has 3 rings (SSSR count). The van der Waals surface area contributed by atoms with E-state index in [0.29, 0.717) is 6.04 Å². The lowest BCUT2D eigenvalue weighted by atomic mass is 9.89. The summed E-state index contributed by atoms with van der Waals surface area (Å²) in [6.45, 7) is 0. The summed E-state index contributed by atoms with van der Waals surface area (Å²) in [6.07, 6.45) is 7.79. The average Bonchev–Trinajstić information content (AvgIpc) is 2.87. The van der Waals surface area contributed by atoms with E-state index in [9.17, 15) is 4.79 Å². The Bertz CT molecular complexity index is 409. The zero-order chi connectivity index (χ0) is 11.1. The third kappa shape index (κ3) is 1.27. The topological polar surface area (TPSA) is 66.3 Å². The number of carboxylic acids is 1. The van der Waals surface area contributed by atoms with Gasteiger partial charge in [0.05, 0.1) is 12.1 Å². The minimum atomic E-state index is -0.680. The first kappa shape index (κ1) is 9.57. The Morgan fingerprint density at radius 2 is 2.31 bits per heavy atom. The van der Waals surface area contributed by atoms with Gasteiger partial charge in [-0.2, -0.15) is 0 Å². The molecule has 16 heavy (non-hydrogen) atoms. The molecule has 5 heteroatoms. The molecule has 0 spiro atoms. The monoisotopic (exact) mass is 219 g/mol. The SMILES string of the molecule is O=C(O)C1CC2CCC1N2c1cnccn1. The van der Waals surface area contributed by atoms with Gasteiger partial charge in [-0.05, 0) is 19.3 Å². The molecule has 0 radical (unpaired) electrons. The maximum atomic E-state index is 11.1. The third-order valence-corrected chi connectivity index (χ3v) is 3.67. The van der Waals surface area contributed by atoms with Crippen LogP contribution in [0.4, 0.5) is 5.82 Å². The summed E-state index contributed by atoms with van der Waals surface area (Å²) in [5, 5.41) is 9.14. The maximum absolute atomic E-state index is 11.1. The van der Waals surface area contributed by atoms with Gasteiger partial charge in [0.2, 0.25) is 0 Å². The zero-order valence-corrected chi connectivity index (χ0v) is 8.78. The van der Waals surface area contributed by atoms with Crippen LogP contribution in [0, 0.1) is 5.92 Å². The molecular formula is C11H13N3O2. The number of hydrogen-bond donors (Lipinski definition) is 1. The van der Waals surface area contributed by atoms with Gasteiger partial charge in [-0.15, -0.1) is 0 Å². The number of fused-ring (bicyclic) bond motifs is 2. The molecule has 2 aliphatic heterocycles. The number of rotatable bonds is 2. The number of carboxylic acid groups (broad SMARTS) is 1. The number of hydrogen-bond acceptors (Lipinski definition) is 4. The fourth-order valence-corrected chi connectivity index (χ4v) is 3.04. The largest absolute Gasteiger partial charge is 0.481 e. The van der Waals surface area contributed by atoms with Crippen LogP contribution in [0.3, 0.4) is 0 Å². The highest BCUT2D eigenvalue weighted by atomic mass is 16.4. The molecule has 3 atom stereocenters. The molecule has 0 amide bonds. The summed E-state index contributed by atoms with van der Waals surface area (Å²) in [5.74, 6) is -0.0967. The van der Waals surface area contributed by atoms with Crippen molar-refractivity contribution in [2.24, 2.45) is 5.92 Å². The molecule has 2 aliphatic rings. The van der Waals surface area contributed by atoms with Crippen LogP contribution in [0.25, 0.3) is 0 Å². The van der Waals surface area contributed by atoms with Crippen LogP contribution in [0.1, 0.15) is 19.3 Å². The fourth-order valence-electron chi connectivity index (χ4n) is 3.04. The van der Waals surface area contributed by atoms with Crippen molar-refractivity contribution in [1.82, 2.24) is 9.97 Å². The van der Waals surface area contributed by atoms with E-state index >= 15 is 0 Å². The first-order valence-corrected chi connectivity index (χ1v) is 5.54. The lowest BCUT2D eigenvalue weighted by Crippen LogP contribution is -2.33. The highest BCUT2D eigenvalue weighted by Gasteiger charge is 2.49. The van der Waals surface area contributed by atoms with Crippen molar-refractivity contribution in [3.8, 4) is 0 Å². The molecule has 0 aliphatic carbocycles. The second-order valence-electron chi connectivity index (χ2n) is 4.45. The summed E-state index contributed by atoms with van der Waals surface area (Å²) in [5.41, 5.74) is 0. The van der Waals surface area contributed by atoms with Gasteiger partial charge >= 0.3 is 5.97 Å². The predicted octanol–water partition coefficient (Wildman–Crippen LogP) is 0.919. The maximum Gasteiger partial charge on any atom is 0.308 e. The van der Waals surface area contributed by atoms with Gasteiger partial charge < -0.3 is 10.0 Å². The molecule has 2 fully saturated rings. The number of aliphatic carboxylic acids is 1. The molecule has 0 aromatic carbocycles. The average molecular weight is 219 g/mol. The highest BCUT2D eigenvalue weighted by molar-refractivity contribution is 5.73. The minimum Gasteiger partial charge on any atom is -0.481 e. The standard InChI is InChI=1S/C11H13N3O2/c15-11(16)8-5-7-1-2-9(8)14(7)10-6-12-3-4-13-10/h3-4,6-9H,1-2,5H2,(H,15,16). The van der Waals surface area contributed by atoms with Crippen molar-refractivity contribution in [2.45, 2.75) is 31.3 Å². The lowest BCUT2D eigenvalue weighted by Gasteiger charge is -2.23. The van der Waals surface area contributed by atoms with Crippen molar-refractivity contribution in [3.05, 3.63) is 18.6 Å². The van der Waals surface area contributed by atoms with E-state index in [2.05, 4.69) is 14.9 Å². The van der Waals surface area contributed by atoms with Crippen molar-refractivity contribution >= 4 is 11.8 Å². The molecule has 5 nitrogen and oxygen atoms in total. The van der Waals surface area contributed by atoms with Crippen molar-refractivity contribution in [2.75, 3.05) is 4.90 Å². The van der Waals surface area contributed by atoms with Gasteiger partial charge in [0, 0.05) is 24.5 Å². The number of nitrogens with zero attached hydrogens (tertiary/aromatic N) is 3. The van der Waals surface area contributed by atoms with Crippen LogP contribution in [-0.4, -0.2) is 33.1 Å². The zero-order valence-electron chi connectivity index (χ0n) is 8.78. The number of carbonyl (C=O) groups is 1. The molecule has 1 aromatic heterocycles. The molecule has 84 valence electrons. The minimum absolute atomic E-state index is 0.110. The normalized spacial score (nSPS) is 32.0. The predicted molar refractivity (Wildman–Crippen MR) is 57.1 cm³/mol. The molecule has 2 saturated heterocycles. The fraction of sp³-hybridized carbons (Fsp3) is 0.545. The van der Waals surface area contributed by atoms with Crippen molar-refractivity contribution in [1.29, 1.82) is 0 Å².